The average Bonchev–Trinajstić information content (AvgIpc) is 2.43. The van der Waals surface area contributed by atoms with E-state index < -0.39 is 6.10 Å². The van der Waals surface area contributed by atoms with E-state index in [0.717, 1.165) is 17.8 Å². The van der Waals surface area contributed by atoms with Gasteiger partial charge in [-0.25, -0.2) is 0 Å². The maximum Gasteiger partial charge on any atom is 0.239 e. The Labute approximate surface area is 109 Å². The molecule has 0 aromatic heterocycles. The van der Waals surface area contributed by atoms with Crippen LogP contribution in [-0.2, 0) is 4.79 Å². The van der Waals surface area contributed by atoms with Crippen molar-refractivity contribution in [1.82, 2.24) is 5.32 Å². The first-order valence-electron chi connectivity index (χ1n) is 6.35. The van der Waals surface area contributed by atoms with Gasteiger partial charge in [0.1, 0.15) is 0 Å². The van der Waals surface area contributed by atoms with Gasteiger partial charge in [0.15, 0.2) is 0 Å². The van der Waals surface area contributed by atoms with Crippen molar-refractivity contribution < 1.29 is 9.90 Å². The first-order chi connectivity index (χ1) is 8.62. The van der Waals surface area contributed by atoms with Gasteiger partial charge in [-0.3, -0.25) is 4.79 Å². The summed E-state index contributed by atoms with van der Waals surface area (Å²) >= 11 is 0. The van der Waals surface area contributed by atoms with Crippen molar-refractivity contribution in [2.75, 3.05) is 25.0 Å². The van der Waals surface area contributed by atoms with Crippen molar-refractivity contribution in [1.29, 1.82) is 0 Å². The number of hydrogen-bond donors (Lipinski definition) is 2. The van der Waals surface area contributed by atoms with Gasteiger partial charge in [-0.1, -0.05) is 19.1 Å². The number of aliphatic hydroxyl groups is 1. The first-order valence-corrected chi connectivity index (χ1v) is 6.35. The van der Waals surface area contributed by atoms with Crippen LogP contribution in [0.3, 0.4) is 0 Å². The van der Waals surface area contributed by atoms with Crippen LogP contribution in [0.5, 0.6) is 0 Å². The Balaban J connectivity index is 2.78. The average molecular weight is 250 g/mol. The second kappa shape index (κ2) is 7.01. The van der Waals surface area contributed by atoms with E-state index in [4.69, 9.17) is 0 Å². The summed E-state index contributed by atoms with van der Waals surface area (Å²) in [6.07, 6.45) is 0.294. The standard InChI is InChI=1S/C14H22N2O2/c1-4-13(17)11-6-8-12(9-7-11)16(5-2)10-14(18)15-3/h6-9,13,17H,4-5,10H2,1-3H3,(H,15,18)/t13-/m0/s1. The molecule has 0 fully saturated rings. The van der Waals surface area contributed by atoms with E-state index >= 15 is 0 Å². The molecule has 0 aliphatic heterocycles. The van der Waals surface area contributed by atoms with Crippen LogP contribution in [0.2, 0.25) is 0 Å². The van der Waals surface area contributed by atoms with E-state index in [2.05, 4.69) is 5.32 Å². The fourth-order valence-corrected chi connectivity index (χ4v) is 1.78. The Morgan fingerprint density at radius 1 is 1.33 bits per heavy atom. The third kappa shape index (κ3) is 3.74. The number of hydrogen-bond acceptors (Lipinski definition) is 3. The topological polar surface area (TPSA) is 52.6 Å². The molecule has 1 aromatic rings. The number of rotatable bonds is 6. The first kappa shape index (κ1) is 14.5. The van der Waals surface area contributed by atoms with Crippen molar-refractivity contribution in [2.24, 2.45) is 0 Å². The number of carbonyl (C=O) groups is 1. The molecule has 0 radical (unpaired) electrons. The van der Waals surface area contributed by atoms with Crippen LogP contribution >= 0.6 is 0 Å². The van der Waals surface area contributed by atoms with Crippen molar-refractivity contribution in [3.05, 3.63) is 29.8 Å². The van der Waals surface area contributed by atoms with Crippen LogP contribution in [-0.4, -0.2) is 31.2 Å². The van der Waals surface area contributed by atoms with Gasteiger partial charge in [-0.05, 0) is 31.0 Å². The Bertz CT molecular complexity index is 376. The van der Waals surface area contributed by atoms with Crippen LogP contribution in [0.4, 0.5) is 5.69 Å². The minimum absolute atomic E-state index is 0.00507. The second-order valence-electron chi connectivity index (χ2n) is 4.20. The van der Waals surface area contributed by atoms with E-state index in [1.54, 1.807) is 7.05 Å². The van der Waals surface area contributed by atoms with Gasteiger partial charge in [0.2, 0.25) is 5.91 Å². The molecule has 1 rings (SSSR count). The molecule has 2 N–H and O–H groups in total. The van der Waals surface area contributed by atoms with Crippen molar-refractivity contribution in [3.63, 3.8) is 0 Å². The number of nitrogens with zero attached hydrogens (tertiary/aromatic N) is 1. The monoisotopic (exact) mass is 250 g/mol. The highest BCUT2D eigenvalue weighted by Crippen LogP contribution is 2.20. The molecule has 100 valence electrons. The minimum atomic E-state index is -0.409. The lowest BCUT2D eigenvalue weighted by molar-refractivity contribution is -0.119. The number of carbonyl (C=O) groups excluding carboxylic acids is 1. The van der Waals surface area contributed by atoms with Crippen molar-refractivity contribution in [2.45, 2.75) is 26.4 Å². The summed E-state index contributed by atoms with van der Waals surface area (Å²) < 4.78 is 0. The maximum absolute atomic E-state index is 11.4. The molecule has 0 unspecified atom stereocenters. The molecule has 0 spiro atoms. The lowest BCUT2D eigenvalue weighted by Crippen LogP contribution is -2.35. The van der Waals surface area contributed by atoms with Gasteiger partial charge in [0.25, 0.3) is 0 Å². The maximum atomic E-state index is 11.4. The largest absolute Gasteiger partial charge is 0.388 e. The lowest BCUT2D eigenvalue weighted by atomic mass is 10.1. The summed E-state index contributed by atoms with van der Waals surface area (Å²) in [5.74, 6) is -0.00507. The van der Waals surface area contributed by atoms with Crippen molar-refractivity contribution in [3.8, 4) is 0 Å². The van der Waals surface area contributed by atoms with Crippen molar-refractivity contribution >= 4 is 11.6 Å². The second-order valence-corrected chi connectivity index (χ2v) is 4.20. The third-order valence-electron chi connectivity index (χ3n) is 3.02. The molecule has 0 saturated heterocycles. The van der Waals surface area contributed by atoms with E-state index in [9.17, 15) is 9.90 Å². The molecule has 0 aliphatic carbocycles. The van der Waals surface area contributed by atoms with E-state index in [1.165, 1.54) is 0 Å². The summed E-state index contributed by atoms with van der Waals surface area (Å²) in [4.78, 5) is 13.4. The summed E-state index contributed by atoms with van der Waals surface area (Å²) in [6, 6.07) is 7.72. The number of anilines is 1. The molecule has 1 amide bonds. The molecule has 4 heteroatoms. The van der Waals surface area contributed by atoms with Crippen LogP contribution in [0.15, 0.2) is 24.3 Å². The number of nitrogens with one attached hydrogen (secondary N) is 1. The number of likely N-dealkylation sites (N-methyl/N-ethyl adjacent to an activating group) is 2. The number of aliphatic hydroxyl groups excluding tert-OH is 1. The fraction of sp³-hybridized carbons (Fsp3) is 0.500. The molecule has 18 heavy (non-hydrogen) atoms. The molecule has 0 aliphatic rings. The SMILES string of the molecule is CC[C@H](O)c1ccc(N(CC)CC(=O)NC)cc1. The van der Waals surface area contributed by atoms with Gasteiger partial charge in [-0.15, -0.1) is 0 Å². The number of amides is 1. The highest BCUT2D eigenvalue weighted by Gasteiger charge is 2.10. The summed E-state index contributed by atoms with van der Waals surface area (Å²) in [5.41, 5.74) is 1.91. The molecular formula is C14H22N2O2. The lowest BCUT2D eigenvalue weighted by Gasteiger charge is -2.22. The highest BCUT2D eigenvalue weighted by molar-refractivity contribution is 5.81. The minimum Gasteiger partial charge on any atom is -0.388 e. The molecular weight excluding hydrogens is 228 g/mol. The van der Waals surface area contributed by atoms with Gasteiger partial charge < -0.3 is 15.3 Å². The number of benzene rings is 1. The highest BCUT2D eigenvalue weighted by atomic mass is 16.3. The summed E-state index contributed by atoms with van der Waals surface area (Å²) in [7, 11) is 1.64. The zero-order chi connectivity index (χ0) is 13.5. The Hall–Kier alpha value is -1.55. The van der Waals surface area contributed by atoms with Gasteiger partial charge >= 0.3 is 0 Å². The van der Waals surface area contributed by atoms with Gasteiger partial charge in [0.05, 0.1) is 12.6 Å². The van der Waals surface area contributed by atoms with E-state index in [1.807, 2.05) is 43.0 Å². The molecule has 1 aromatic carbocycles. The molecule has 4 nitrogen and oxygen atoms in total. The smallest absolute Gasteiger partial charge is 0.239 e. The molecule has 1 atom stereocenters. The predicted octanol–water partition coefficient (Wildman–Crippen LogP) is 1.70. The van der Waals surface area contributed by atoms with Crippen LogP contribution < -0.4 is 10.2 Å². The van der Waals surface area contributed by atoms with Crippen LogP contribution in [0.1, 0.15) is 31.9 Å². The summed E-state index contributed by atoms with van der Waals surface area (Å²) in [5, 5.41) is 12.3. The molecule has 0 bridgehead atoms. The zero-order valence-corrected chi connectivity index (χ0v) is 11.3. The van der Waals surface area contributed by atoms with Gasteiger partial charge in [0, 0.05) is 19.3 Å². The van der Waals surface area contributed by atoms with E-state index in [0.29, 0.717) is 13.0 Å². The quantitative estimate of drug-likeness (QED) is 0.808. The Morgan fingerprint density at radius 2 is 1.94 bits per heavy atom. The zero-order valence-electron chi connectivity index (χ0n) is 11.3. The fourth-order valence-electron chi connectivity index (χ4n) is 1.78. The predicted molar refractivity (Wildman–Crippen MR) is 73.6 cm³/mol. The summed E-state index contributed by atoms with van der Waals surface area (Å²) in [6.45, 7) is 5.08. The van der Waals surface area contributed by atoms with Crippen LogP contribution in [0.25, 0.3) is 0 Å². The van der Waals surface area contributed by atoms with E-state index in [-0.39, 0.29) is 5.91 Å². The van der Waals surface area contributed by atoms with Crippen LogP contribution in [0, 0.1) is 0 Å². The Kier molecular flexibility index (Phi) is 5.65. The molecule has 0 saturated carbocycles. The molecule has 0 heterocycles. The third-order valence-corrected chi connectivity index (χ3v) is 3.02. The normalized spacial score (nSPS) is 12.0. The Morgan fingerprint density at radius 3 is 2.39 bits per heavy atom. The van der Waals surface area contributed by atoms with Gasteiger partial charge in [-0.2, -0.15) is 0 Å².